The minimum absolute atomic E-state index is 0.00962. The molecule has 0 saturated carbocycles. The predicted molar refractivity (Wildman–Crippen MR) is 258 cm³/mol. The van der Waals surface area contributed by atoms with Gasteiger partial charge in [0.05, 0.1) is 40.3 Å². The van der Waals surface area contributed by atoms with Crippen molar-refractivity contribution in [3.63, 3.8) is 0 Å². The van der Waals surface area contributed by atoms with Gasteiger partial charge < -0.3 is 28.6 Å². The zero-order chi connectivity index (χ0) is 45.6. The minimum Gasteiger partial charge on any atom is -0.544 e. The van der Waals surface area contributed by atoms with E-state index in [1.54, 1.807) is 21.1 Å². The molecule has 0 spiro atoms. The van der Waals surface area contributed by atoms with E-state index in [-0.39, 0.29) is 49.1 Å². The number of rotatable bonds is 42. The van der Waals surface area contributed by atoms with Crippen LogP contribution >= 0.6 is 0 Å². The summed E-state index contributed by atoms with van der Waals surface area (Å²) in [5, 5.41) is 11.6. The molecule has 0 radical (unpaired) electrons. The lowest BCUT2D eigenvalue weighted by Gasteiger charge is -2.34. The molecule has 2 unspecified atom stereocenters. The SMILES string of the molecule is CC/C=C/C/C=C/C/C=C/C/C=C/C/C=C/CCC(=O)OCC(COCCC(C(=O)[O-])[N+](C)(C)C)OC(=O)CCCCCCCCCCC/C=C/C/C=C/C/C=C/CCCCC. The van der Waals surface area contributed by atoms with Gasteiger partial charge in [-0.05, 0) is 83.5 Å². The van der Waals surface area contributed by atoms with E-state index in [0.29, 0.717) is 12.8 Å². The van der Waals surface area contributed by atoms with E-state index in [2.05, 4.69) is 98.9 Å². The van der Waals surface area contributed by atoms with Crippen molar-refractivity contribution in [1.29, 1.82) is 0 Å². The number of allylic oxidation sites excluding steroid dienone is 16. The topological polar surface area (TPSA) is 102 Å². The van der Waals surface area contributed by atoms with Gasteiger partial charge in [-0.25, -0.2) is 0 Å². The fourth-order valence-electron chi connectivity index (χ4n) is 6.48. The van der Waals surface area contributed by atoms with Crippen LogP contribution in [0.4, 0.5) is 0 Å². The summed E-state index contributed by atoms with van der Waals surface area (Å²) in [4.78, 5) is 36.9. The Bertz CT molecular complexity index is 1330. The first-order valence-corrected chi connectivity index (χ1v) is 24.3. The molecule has 8 nitrogen and oxygen atoms in total. The number of quaternary nitrogens is 1. The summed E-state index contributed by atoms with van der Waals surface area (Å²) >= 11 is 0. The quantitative estimate of drug-likeness (QED) is 0.0261. The van der Waals surface area contributed by atoms with Crippen molar-refractivity contribution in [2.75, 3.05) is 41.0 Å². The second-order valence-corrected chi connectivity index (χ2v) is 17.0. The fourth-order valence-corrected chi connectivity index (χ4v) is 6.48. The third-order valence-electron chi connectivity index (χ3n) is 10.2. The first kappa shape index (κ1) is 58.2. The Balaban J connectivity index is 4.39. The molecule has 0 saturated heterocycles. The summed E-state index contributed by atoms with van der Waals surface area (Å²) in [6, 6.07) is -0.743. The van der Waals surface area contributed by atoms with E-state index >= 15 is 0 Å². The maximum atomic E-state index is 12.8. The maximum Gasteiger partial charge on any atom is 0.306 e. The molecular formula is C54H89NO7. The number of carbonyl (C=O) groups is 3. The van der Waals surface area contributed by atoms with Crippen LogP contribution in [0.3, 0.4) is 0 Å². The Morgan fingerprint density at radius 3 is 1.40 bits per heavy atom. The van der Waals surface area contributed by atoms with E-state index in [1.165, 1.54) is 64.2 Å². The van der Waals surface area contributed by atoms with E-state index in [1.807, 2.05) is 12.2 Å². The number of carboxylic acid groups (broad SMARTS) is 1. The second-order valence-electron chi connectivity index (χ2n) is 17.0. The Morgan fingerprint density at radius 2 is 0.935 bits per heavy atom. The molecule has 0 aliphatic rings. The number of ether oxygens (including phenoxy) is 3. The lowest BCUT2D eigenvalue weighted by Crippen LogP contribution is -2.55. The zero-order valence-corrected chi connectivity index (χ0v) is 40.0. The molecule has 0 aliphatic carbocycles. The van der Waals surface area contributed by atoms with Gasteiger partial charge in [-0.3, -0.25) is 9.59 Å². The van der Waals surface area contributed by atoms with E-state index < -0.39 is 18.1 Å². The molecule has 0 fully saturated rings. The Kier molecular flexibility index (Phi) is 41.2. The van der Waals surface area contributed by atoms with Gasteiger partial charge in [-0.2, -0.15) is 0 Å². The molecule has 8 heteroatoms. The van der Waals surface area contributed by atoms with Gasteiger partial charge in [0.1, 0.15) is 12.6 Å². The number of nitrogens with zero attached hydrogens (tertiary/aromatic N) is 1. The van der Waals surface area contributed by atoms with Crippen LogP contribution in [-0.4, -0.2) is 75.5 Å². The van der Waals surface area contributed by atoms with Crippen LogP contribution in [0, 0.1) is 0 Å². The highest BCUT2D eigenvalue weighted by molar-refractivity contribution is 5.70. The molecule has 0 aromatic heterocycles. The molecule has 2 atom stereocenters. The molecule has 0 N–H and O–H groups in total. The second kappa shape index (κ2) is 43.9. The van der Waals surface area contributed by atoms with E-state index in [0.717, 1.165) is 70.6 Å². The summed E-state index contributed by atoms with van der Waals surface area (Å²) in [5.41, 5.74) is 0. The number of carbonyl (C=O) groups excluding carboxylic acids is 3. The summed E-state index contributed by atoms with van der Waals surface area (Å²) < 4.78 is 17.1. The third-order valence-corrected chi connectivity index (χ3v) is 10.2. The van der Waals surface area contributed by atoms with Crippen LogP contribution in [0.15, 0.2) is 97.2 Å². The van der Waals surface area contributed by atoms with Crippen molar-refractivity contribution in [1.82, 2.24) is 0 Å². The van der Waals surface area contributed by atoms with Crippen LogP contribution in [0.5, 0.6) is 0 Å². The number of aliphatic carboxylic acids is 1. The highest BCUT2D eigenvalue weighted by atomic mass is 16.6. The molecule has 352 valence electrons. The fraction of sp³-hybridized carbons (Fsp3) is 0.648. The van der Waals surface area contributed by atoms with Crippen molar-refractivity contribution in [2.24, 2.45) is 0 Å². The first-order valence-electron chi connectivity index (χ1n) is 24.3. The lowest BCUT2D eigenvalue weighted by molar-refractivity contribution is -0.889. The monoisotopic (exact) mass is 864 g/mol. The smallest absolute Gasteiger partial charge is 0.306 e. The number of esters is 2. The van der Waals surface area contributed by atoms with Gasteiger partial charge in [-0.15, -0.1) is 0 Å². The van der Waals surface area contributed by atoms with Gasteiger partial charge in [0.2, 0.25) is 0 Å². The van der Waals surface area contributed by atoms with Crippen LogP contribution in [0.1, 0.15) is 174 Å². The molecule has 0 bridgehead atoms. The average molecular weight is 864 g/mol. The third kappa shape index (κ3) is 41.6. The highest BCUT2D eigenvalue weighted by Crippen LogP contribution is 2.13. The molecule has 0 aliphatic heterocycles. The zero-order valence-electron chi connectivity index (χ0n) is 40.0. The standard InChI is InChI=1S/C54H89NO7/c1-6-8-10-12-14-16-18-20-22-24-25-26-27-28-29-31-33-35-37-39-41-43-45-53(57)62-50(48-60-47-46-51(54(58)59)55(3,4)5)49-61-52(56)44-42-40-38-36-34-32-30-23-21-19-17-15-13-11-9-7-2/h9,11,14-17,20-23,25-26,32,34,38,40,50-51H,6-8,10,12-13,18-19,24,27-31,33,35-37,39,41-49H2,1-5H3/b11-9+,16-14+,17-15+,22-20+,23-21+,26-25+,34-32+,40-38+. The first-order chi connectivity index (χ1) is 30.1. The van der Waals surface area contributed by atoms with Crippen molar-refractivity contribution in [2.45, 2.75) is 187 Å². The van der Waals surface area contributed by atoms with Crippen LogP contribution < -0.4 is 5.11 Å². The number of likely N-dealkylation sites (N-methyl/N-ethyl adjacent to an activating group) is 1. The number of hydrogen-bond acceptors (Lipinski definition) is 7. The van der Waals surface area contributed by atoms with Gasteiger partial charge >= 0.3 is 11.9 Å². The molecular weight excluding hydrogens is 775 g/mol. The minimum atomic E-state index is -1.14. The molecule has 62 heavy (non-hydrogen) atoms. The van der Waals surface area contributed by atoms with Crippen molar-refractivity contribution < 1.29 is 38.2 Å². The van der Waals surface area contributed by atoms with Gasteiger partial charge in [0.15, 0.2) is 6.10 Å². The Morgan fingerprint density at radius 1 is 0.500 bits per heavy atom. The predicted octanol–water partition coefficient (Wildman–Crippen LogP) is 12.5. The average Bonchev–Trinajstić information content (AvgIpc) is 3.23. The Labute approximate surface area is 379 Å². The van der Waals surface area contributed by atoms with Gasteiger partial charge in [0, 0.05) is 19.3 Å². The van der Waals surface area contributed by atoms with Crippen molar-refractivity contribution in [3.8, 4) is 0 Å². The number of carboxylic acids is 1. The Hall–Kier alpha value is -3.75. The van der Waals surface area contributed by atoms with Crippen molar-refractivity contribution >= 4 is 17.9 Å². The van der Waals surface area contributed by atoms with E-state index in [9.17, 15) is 19.5 Å². The summed E-state index contributed by atoms with van der Waals surface area (Å²) in [7, 11) is 5.38. The van der Waals surface area contributed by atoms with Crippen LogP contribution in [0.25, 0.3) is 0 Å². The highest BCUT2D eigenvalue weighted by Gasteiger charge is 2.25. The summed E-state index contributed by atoms with van der Waals surface area (Å²) in [5.74, 6) is -1.86. The number of unbranched alkanes of at least 4 members (excludes halogenated alkanes) is 12. The molecule has 0 amide bonds. The van der Waals surface area contributed by atoms with Crippen molar-refractivity contribution in [3.05, 3.63) is 97.2 Å². The van der Waals surface area contributed by atoms with Gasteiger partial charge in [0.25, 0.3) is 0 Å². The van der Waals surface area contributed by atoms with Gasteiger partial charge in [-0.1, -0.05) is 169 Å². The maximum absolute atomic E-state index is 12.8. The van der Waals surface area contributed by atoms with Crippen LogP contribution in [0.2, 0.25) is 0 Å². The summed E-state index contributed by atoms with van der Waals surface area (Å²) in [6.45, 7) is 4.42. The normalized spacial score (nSPS) is 13.8. The molecule has 0 aromatic rings. The lowest BCUT2D eigenvalue weighted by atomic mass is 10.1. The van der Waals surface area contributed by atoms with Crippen LogP contribution in [-0.2, 0) is 28.6 Å². The molecule has 0 aromatic carbocycles. The molecule has 0 rings (SSSR count). The molecule has 0 heterocycles. The number of hydrogen-bond donors (Lipinski definition) is 0. The summed E-state index contributed by atoms with van der Waals surface area (Å²) in [6.07, 6.45) is 58.8. The van der Waals surface area contributed by atoms with E-state index in [4.69, 9.17) is 14.2 Å². The largest absolute Gasteiger partial charge is 0.544 e.